The van der Waals surface area contributed by atoms with Crippen LogP contribution in [-0.2, 0) is 11.3 Å². The van der Waals surface area contributed by atoms with Gasteiger partial charge in [-0.2, -0.15) is 0 Å². The van der Waals surface area contributed by atoms with Gasteiger partial charge >= 0.3 is 5.97 Å². The summed E-state index contributed by atoms with van der Waals surface area (Å²) in [6.07, 6.45) is 0.730. The first-order chi connectivity index (χ1) is 8.76. The molecule has 6 heteroatoms. The fourth-order valence-corrected chi connectivity index (χ4v) is 1.52. The molecule has 1 rings (SSSR count). The predicted molar refractivity (Wildman–Crippen MR) is 70.2 cm³/mol. The average Bonchev–Trinajstić information content (AvgIpc) is 2.30. The molecule has 0 bridgehead atoms. The minimum absolute atomic E-state index is 0.197. The van der Waals surface area contributed by atoms with E-state index < -0.39 is 17.1 Å². The van der Waals surface area contributed by atoms with E-state index in [0.717, 1.165) is 11.0 Å². The Hall–Kier alpha value is -2.11. The van der Waals surface area contributed by atoms with Crippen molar-refractivity contribution in [1.29, 1.82) is 0 Å². The van der Waals surface area contributed by atoms with Crippen molar-refractivity contribution in [1.82, 2.24) is 9.88 Å². The summed E-state index contributed by atoms with van der Waals surface area (Å²) in [5.41, 5.74) is -1.10. The molecule has 1 heterocycles. The van der Waals surface area contributed by atoms with Crippen LogP contribution in [0.2, 0.25) is 0 Å². The van der Waals surface area contributed by atoms with E-state index in [2.05, 4.69) is 5.32 Å². The molecule has 2 N–H and O–H groups in total. The van der Waals surface area contributed by atoms with Gasteiger partial charge < -0.3 is 10.4 Å². The normalized spacial score (nSPS) is 11.1. The third kappa shape index (κ3) is 3.94. The molecule has 0 aliphatic heterocycles. The van der Waals surface area contributed by atoms with Crippen LogP contribution in [0.15, 0.2) is 23.0 Å². The van der Waals surface area contributed by atoms with Gasteiger partial charge in [-0.25, -0.2) is 4.79 Å². The van der Waals surface area contributed by atoms with E-state index in [4.69, 9.17) is 5.11 Å². The number of carboxylic acid groups (broad SMARTS) is 1. The van der Waals surface area contributed by atoms with E-state index in [1.54, 1.807) is 0 Å². The van der Waals surface area contributed by atoms with E-state index >= 15 is 0 Å². The molecule has 19 heavy (non-hydrogen) atoms. The molecule has 6 nitrogen and oxygen atoms in total. The fraction of sp³-hybridized carbons (Fsp3) is 0.462. The third-order valence-corrected chi connectivity index (χ3v) is 2.93. The second-order valence-corrected chi connectivity index (χ2v) is 4.93. The predicted octanol–water partition coefficient (Wildman–Crippen LogP) is 0.851. The first-order valence-corrected chi connectivity index (χ1v) is 6.01. The lowest BCUT2D eigenvalue weighted by Gasteiger charge is -2.24. The largest absolute Gasteiger partial charge is 0.477 e. The highest BCUT2D eigenvalue weighted by molar-refractivity contribution is 5.86. The first kappa shape index (κ1) is 14.9. The molecule has 104 valence electrons. The van der Waals surface area contributed by atoms with Crippen molar-refractivity contribution in [3.8, 4) is 0 Å². The molecule has 1 aromatic heterocycles. The SMILES string of the molecule is CCC(C)(C)NC(=O)Cn1c(C(=O)O)cccc1=O. The molecule has 1 amide bonds. The highest BCUT2D eigenvalue weighted by Crippen LogP contribution is 2.06. The first-order valence-electron chi connectivity index (χ1n) is 6.01. The molecule has 1 aromatic rings. The van der Waals surface area contributed by atoms with Crippen LogP contribution >= 0.6 is 0 Å². The number of carbonyl (C=O) groups excluding carboxylic acids is 1. The summed E-state index contributed by atoms with van der Waals surface area (Å²) in [7, 11) is 0. The minimum Gasteiger partial charge on any atom is -0.477 e. The molecule has 0 saturated heterocycles. The van der Waals surface area contributed by atoms with Crippen molar-refractivity contribution >= 4 is 11.9 Å². The Morgan fingerprint density at radius 3 is 2.53 bits per heavy atom. The van der Waals surface area contributed by atoms with Gasteiger partial charge in [0.15, 0.2) is 0 Å². The summed E-state index contributed by atoms with van der Waals surface area (Å²) in [5, 5.41) is 11.7. The fourth-order valence-electron chi connectivity index (χ4n) is 1.52. The maximum Gasteiger partial charge on any atom is 0.352 e. The van der Waals surface area contributed by atoms with Crippen molar-refractivity contribution in [3.05, 3.63) is 34.2 Å². The topological polar surface area (TPSA) is 88.4 Å². The number of carboxylic acids is 1. The minimum atomic E-state index is -1.24. The van der Waals surface area contributed by atoms with E-state index in [1.165, 1.54) is 18.2 Å². The molecule has 0 radical (unpaired) electrons. The molecule has 0 saturated carbocycles. The van der Waals surface area contributed by atoms with Gasteiger partial charge in [0.2, 0.25) is 5.91 Å². The summed E-state index contributed by atoms with van der Waals surface area (Å²) >= 11 is 0. The zero-order chi connectivity index (χ0) is 14.6. The van der Waals surface area contributed by atoms with Crippen molar-refractivity contribution in [3.63, 3.8) is 0 Å². The molecular weight excluding hydrogens is 248 g/mol. The molecule has 0 atom stereocenters. The third-order valence-electron chi connectivity index (χ3n) is 2.93. The van der Waals surface area contributed by atoms with Crippen LogP contribution in [0.3, 0.4) is 0 Å². The monoisotopic (exact) mass is 266 g/mol. The van der Waals surface area contributed by atoms with Crippen molar-refractivity contribution in [2.45, 2.75) is 39.3 Å². The van der Waals surface area contributed by atoms with Gasteiger partial charge in [0, 0.05) is 11.6 Å². The molecule has 0 fully saturated rings. The number of amides is 1. The maximum absolute atomic E-state index is 11.9. The Morgan fingerprint density at radius 2 is 2.00 bits per heavy atom. The lowest BCUT2D eigenvalue weighted by molar-refractivity contribution is -0.123. The van der Waals surface area contributed by atoms with Gasteiger partial charge in [-0.3, -0.25) is 14.2 Å². The molecule has 0 spiro atoms. The summed E-state index contributed by atoms with van der Waals surface area (Å²) in [4.78, 5) is 34.5. The van der Waals surface area contributed by atoms with Gasteiger partial charge in [0.05, 0.1) is 0 Å². The molecule has 0 aliphatic carbocycles. The lowest BCUT2D eigenvalue weighted by atomic mass is 10.0. The average molecular weight is 266 g/mol. The van der Waals surface area contributed by atoms with Gasteiger partial charge in [0.1, 0.15) is 12.2 Å². The van der Waals surface area contributed by atoms with E-state index in [1.807, 2.05) is 20.8 Å². The Bertz CT molecular complexity index is 546. The highest BCUT2D eigenvalue weighted by Gasteiger charge is 2.19. The summed E-state index contributed by atoms with van der Waals surface area (Å²) in [5.74, 6) is -1.62. The highest BCUT2D eigenvalue weighted by atomic mass is 16.4. The zero-order valence-corrected chi connectivity index (χ0v) is 11.3. The second-order valence-electron chi connectivity index (χ2n) is 4.93. The number of aromatic nitrogens is 1. The van der Waals surface area contributed by atoms with Crippen LogP contribution in [0.25, 0.3) is 0 Å². The lowest BCUT2D eigenvalue weighted by Crippen LogP contribution is -2.45. The van der Waals surface area contributed by atoms with Gasteiger partial charge in [-0.15, -0.1) is 0 Å². The van der Waals surface area contributed by atoms with Crippen molar-refractivity contribution in [2.75, 3.05) is 0 Å². The Morgan fingerprint density at radius 1 is 1.37 bits per heavy atom. The van der Waals surface area contributed by atoms with Gasteiger partial charge in [0.25, 0.3) is 5.56 Å². The van der Waals surface area contributed by atoms with Crippen LogP contribution in [0.4, 0.5) is 0 Å². The number of aromatic carboxylic acids is 1. The Kier molecular flexibility index (Phi) is 4.47. The number of carbonyl (C=O) groups is 2. The number of pyridine rings is 1. The molecule has 0 unspecified atom stereocenters. The van der Waals surface area contributed by atoms with E-state index in [0.29, 0.717) is 0 Å². The Balaban J connectivity index is 2.97. The van der Waals surface area contributed by atoms with Gasteiger partial charge in [-0.05, 0) is 26.3 Å². The standard InChI is InChI=1S/C13H18N2O4/c1-4-13(2,3)14-10(16)8-15-9(12(18)19)6-5-7-11(15)17/h5-7H,4,8H2,1-3H3,(H,14,16)(H,18,19). The number of rotatable bonds is 5. The Labute approximate surface area is 111 Å². The van der Waals surface area contributed by atoms with E-state index in [9.17, 15) is 14.4 Å². The van der Waals surface area contributed by atoms with E-state index in [-0.39, 0.29) is 18.1 Å². The second kappa shape index (κ2) is 5.69. The maximum atomic E-state index is 11.9. The van der Waals surface area contributed by atoms with Crippen molar-refractivity contribution in [2.24, 2.45) is 0 Å². The summed E-state index contributed by atoms with van der Waals surface area (Å²) < 4.78 is 0.948. The summed E-state index contributed by atoms with van der Waals surface area (Å²) in [6.45, 7) is 5.34. The van der Waals surface area contributed by atoms with Crippen molar-refractivity contribution < 1.29 is 14.7 Å². The van der Waals surface area contributed by atoms with Crippen LogP contribution in [0.1, 0.15) is 37.7 Å². The van der Waals surface area contributed by atoms with Crippen LogP contribution < -0.4 is 10.9 Å². The zero-order valence-electron chi connectivity index (χ0n) is 11.3. The molecule has 0 aliphatic rings. The van der Waals surface area contributed by atoms with Crippen LogP contribution in [0, 0.1) is 0 Å². The molecule has 0 aromatic carbocycles. The molecular formula is C13H18N2O4. The van der Waals surface area contributed by atoms with Crippen LogP contribution in [-0.4, -0.2) is 27.1 Å². The summed E-state index contributed by atoms with van der Waals surface area (Å²) in [6, 6.07) is 3.88. The number of nitrogens with one attached hydrogen (secondary N) is 1. The van der Waals surface area contributed by atoms with Crippen LogP contribution in [0.5, 0.6) is 0 Å². The number of nitrogens with zero attached hydrogens (tertiary/aromatic N) is 1. The smallest absolute Gasteiger partial charge is 0.352 e. The quantitative estimate of drug-likeness (QED) is 0.827. The van der Waals surface area contributed by atoms with Gasteiger partial charge in [-0.1, -0.05) is 13.0 Å². The number of hydrogen-bond donors (Lipinski definition) is 2. The number of hydrogen-bond acceptors (Lipinski definition) is 3.